The summed E-state index contributed by atoms with van der Waals surface area (Å²) in [5.74, 6) is -0.0546. The van der Waals surface area contributed by atoms with Gasteiger partial charge in [-0.3, -0.25) is 19.4 Å². The SMILES string of the molecule is C[C@H]1CCCCO[C@@H](CN(C)Cc2ccncc2)[C@@H](C)CN([C@@H](C)CO)C(=O)c2cc(NS(=O)(=O)c3ccccc3)ccc2O1. The number of carbonyl (C=O) groups is 1. The van der Waals surface area contributed by atoms with Crippen LogP contribution in [-0.2, 0) is 21.3 Å². The molecule has 45 heavy (non-hydrogen) atoms. The Balaban J connectivity index is 1.64. The van der Waals surface area contributed by atoms with E-state index < -0.39 is 16.1 Å². The molecule has 0 fully saturated rings. The maximum Gasteiger partial charge on any atom is 0.261 e. The highest BCUT2D eigenvalue weighted by Gasteiger charge is 2.30. The predicted molar refractivity (Wildman–Crippen MR) is 175 cm³/mol. The number of aliphatic hydroxyl groups excluding tert-OH is 1. The van der Waals surface area contributed by atoms with E-state index in [-0.39, 0.29) is 46.8 Å². The van der Waals surface area contributed by atoms with Crippen LogP contribution >= 0.6 is 0 Å². The van der Waals surface area contributed by atoms with Gasteiger partial charge in [0.15, 0.2) is 0 Å². The Morgan fingerprint density at radius 2 is 1.82 bits per heavy atom. The second-order valence-corrected chi connectivity index (χ2v) is 13.7. The number of pyridine rings is 1. The van der Waals surface area contributed by atoms with Gasteiger partial charge in [-0.1, -0.05) is 25.1 Å². The molecular weight excluding hydrogens is 592 g/mol. The average Bonchev–Trinajstić information content (AvgIpc) is 3.03. The first-order valence-corrected chi connectivity index (χ1v) is 17.0. The van der Waals surface area contributed by atoms with Crippen molar-refractivity contribution in [1.82, 2.24) is 14.8 Å². The van der Waals surface area contributed by atoms with Crippen LogP contribution in [0.1, 0.15) is 56.0 Å². The number of nitrogens with zero attached hydrogens (tertiary/aromatic N) is 3. The van der Waals surface area contributed by atoms with Crippen molar-refractivity contribution >= 4 is 21.6 Å². The van der Waals surface area contributed by atoms with Crippen LogP contribution in [0.2, 0.25) is 0 Å². The number of fused-ring (bicyclic) bond motifs is 1. The van der Waals surface area contributed by atoms with E-state index in [0.717, 1.165) is 31.4 Å². The molecule has 4 atom stereocenters. The van der Waals surface area contributed by atoms with Gasteiger partial charge in [0.2, 0.25) is 0 Å². The molecule has 3 aromatic rings. The molecule has 0 unspecified atom stereocenters. The van der Waals surface area contributed by atoms with E-state index in [1.165, 1.54) is 18.2 Å². The van der Waals surface area contributed by atoms with Crippen molar-refractivity contribution in [1.29, 1.82) is 0 Å². The second-order valence-electron chi connectivity index (χ2n) is 12.0. The first-order chi connectivity index (χ1) is 21.6. The lowest BCUT2D eigenvalue weighted by atomic mass is 10.0. The smallest absolute Gasteiger partial charge is 0.261 e. The summed E-state index contributed by atoms with van der Waals surface area (Å²) in [6, 6.07) is 16.3. The second kappa shape index (κ2) is 16.2. The highest BCUT2D eigenvalue weighted by atomic mass is 32.2. The van der Waals surface area contributed by atoms with Gasteiger partial charge in [0.1, 0.15) is 5.75 Å². The largest absolute Gasteiger partial charge is 0.490 e. The highest BCUT2D eigenvalue weighted by Crippen LogP contribution is 2.29. The Hall–Kier alpha value is -3.51. The molecule has 0 aliphatic carbocycles. The monoisotopic (exact) mass is 638 g/mol. The van der Waals surface area contributed by atoms with Crippen LogP contribution in [0, 0.1) is 5.92 Å². The lowest BCUT2D eigenvalue weighted by molar-refractivity contribution is -0.0177. The Labute approximate surface area is 267 Å². The normalized spacial score (nSPS) is 21.0. The summed E-state index contributed by atoms with van der Waals surface area (Å²) in [5.41, 5.74) is 1.62. The molecule has 0 saturated carbocycles. The van der Waals surface area contributed by atoms with Gasteiger partial charge < -0.3 is 19.5 Å². The number of sulfonamides is 1. The number of carbonyl (C=O) groups excluding carboxylic acids is 1. The van der Waals surface area contributed by atoms with Gasteiger partial charge in [-0.05, 0) is 88.2 Å². The Bertz CT molecular complexity index is 1470. The van der Waals surface area contributed by atoms with Gasteiger partial charge in [-0.2, -0.15) is 0 Å². The zero-order valence-electron chi connectivity index (χ0n) is 26.6. The van der Waals surface area contributed by atoms with E-state index in [4.69, 9.17) is 9.47 Å². The number of nitrogens with one attached hydrogen (secondary N) is 1. The lowest BCUT2D eigenvalue weighted by Crippen LogP contribution is -2.47. The summed E-state index contributed by atoms with van der Waals surface area (Å²) in [6.45, 7) is 7.88. The topological polar surface area (TPSA) is 121 Å². The predicted octanol–water partition coefficient (Wildman–Crippen LogP) is 4.81. The molecule has 11 heteroatoms. The van der Waals surface area contributed by atoms with Crippen LogP contribution in [0.25, 0.3) is 0 Å². The van der Waals surface area contributed by atoms with Crippen LogP contribution in [0.5, 0.6) is 5.75 Å². The third-order valence-electron chi connectivity index (χ3n) is 8.05. The average molecular weight is 639 g/mol. The third-order valence-corrected chi connectivity index (χ3v) is 9.45. The Kier molecular flexibility index (Phi) is 12.3. The molecule has 0 spiro atoms. The van der Waals surface area contributed by atoms with Crippen molar-refractivity contribution in [2.75, 3.05) is 38.1 Å². The molecule has 0 radical (unpaired) electrons. The molecule has 2 N–H and O–H groups in total. The standard InChI is InChI=1S/C34H46N4O6S/c1-25-21-38(26(2)24-39)34(40)31-20-29(36-45(41,42)30-11-6-5-7-12-30)13-14-32(31)44-27(3)10-8-9-19-43-33(25)23-37(4)22-28-15-17-35-18-16-28/h5-7,11-18,20,25-27,33,36,39H,8-10,19,21-24H2,1-4H3/t25-,26-,27-,33-/m0/s1. The molecule has 4 rings (SSSR count). The number of aliphatic hydroxyl groups is 1. The molecular formula is C34H46N4O6S. The quantitative estimate of drug-likeness (QED) is 0.343. The highest BCUT2D eigenvalue weighted by molar-refractivity contribution is 7.92. The maximum absolute atomic E-state index is 14.3. The Morgan fingerprint density at radius 3 is 2.53 bits per heavy atom. The van der Waals surface area contributed by atoms with Gasteiger partial charge in [0.05, 0.1) is 35.3 Å². The van der Waals surface area contributed by atoms with E-state index in [1.54, 1.807) is 54.5 Å². The molecule has 0 bridgehead atoms. The van der Waals surface area contributed by atoms with E-state index in [1.807, 2.05) is 26.1 Å². The lowest BCUT2D eigenvalue weighted by Gasteiger charge is -2.36. The summed E-state index contributed by atoms with van der Waals surface area (Å²) in [4.78, 5) is 22.4. The van der Waals surface area contributed by atoms with Crippen molar-refractivity contribution in [3.63, 3.8) is 0 Å². The number of hydrogen-bond acceptors (Lipinski definition) is 8. The van der Waals surface area contributed by atoms with Gasteiger partial charge in [0, 0.05) is 50.2 Å². The van der Waals surface area contributed by atoms with Gasteiger partial charge in [-0.15, -0.1) is 0 Å². The molecule has 244 valence electrons. The first kappa shape index (κ1) is 34.4. The first-order valence-electron chi connectivity index (χ1n) is 15.6. The van der Waals surface area contributed by atoms with Crippen molar-refractivity contribution in [3.05, 3.63) is 84.2 Å². The molecule has 2 aromatic carbocycles. The minimum Gasteiger partial charge on any atom is -0.490 e. The summed E-state index contributed by atoms with van der Waals surface area (Å²) in [6.07, 6.45) is 5.73. The van der Waals surface area contributed by atoms with Crippen molar-refractivity contribution in [2.24, 2.45) is 5.92 Å². The summed E-state index contributed by atoms with van der Waals surface area (Å²) in [5, 5.41) is 10.2. The molecule has 1 aromatic heterocycles. The van der Waals surface area contributed by atoms with Crippen LogP contribution in [0.3, 0.4) is 0 Å². The number of benzene rings is 2. The fraction of sp³-hybridized carbons (Fsp3) is 0.471. The van der Waals surface area contributed by atoms with Gasteiger partial charge in [-0.25, -0.2) is 8.42 Å². The maximum atomic E-state index is 14.3. The summed E-state index contributed by atoms with van der Waals surface area (Å²) in [7, 11) is -1.83. The van der Waals surface area contributed by atoms with Crippen molar-refractivity contribution in [2.45, 2.75) is 69.7 Å². The zero-order valence-corrected chi connectivity index (χ0v) is 27.4. The van der Waals surface area contributed by atoms with Crippen LogP contribution in [-0.4, -0.2) is 85.8 Å². The number of ether oxygens (including phenoxy) is 2. The minimum atomic E-state index is -3.88. The van der Waals surface area contributed by atoms with Crippen LogP contribution in [0.4, 0.5) is 5.69 Å². The van der Waals surface area contributed by atoms with E-state index in [9.17, 15) is 18.3 Å². The number of hydrogen-bond donors (Lipinski definition) is 2. The molecule has 2 heterocycles. The molecule has 1 amide bonds. The van der Waals surface area contributed by atoms with E-state index in [2.05, 4.69) is 21.5 Å². The van der Waals surface area contributed by atoms with E-state index >= 15 is 0 Å². The number of likely N-dealkylation sites (N-methyl/N-ethyl adjacent to an activating group) is 1. The summed E-state index contributed by atoms with van der Waals surface area (Å²) >= 11 is 0. The molecule has 1 aliphatic heterocycles. The van der Waals surface area contributed by atoms with Crippen LogP contribution in [0.15, 0.2) is 78.0 Å². The third kappa shape index (κ3) is 9.74. The van der Waals surface area contributed by atoms with Crippen molar-refractivity contribution < 1.29 is 27.8 Å². The zero-order chi connectivity index (χ0) is 32.4. The fourth-order valence-electron chi connectivity index (χ4n) is 5.43. The molecule has 10 nitrogen and oxygen atoms in total. The van der Waals surface area contributed by atoms with E-state index in [0.29, 0.717) is 25.4 Å². The fourth-order valence-corrected chi connectivity index (χ4v) is 6.50. The molecule has 0 saturated heterocycles. The Morgan fingerprint density at radius 1 is 1.09 bits per heavy atom. The van der Waals surface area contributed by atoms with Crippen LogP contribution < -0.4 is 9.46 Å². The molecule has 1 aliphatic rings. The number of aromatic nitrogens is 1. The number of anilines is 1. The van der Waals surface area contributed by atoms with Crippen molar-refractivity contribution in [3.8, 4) is 5.75 Å². The minimum absolute atomic E-state index is 0.0751. The number of rotatable bonds is 9. The number of amides is 1. The summed E-state index contributed by atoms with van der Waals surface area (Å²) < 4.78 is 41.5. The van der Waals surface area contributed by atoms with Gasteiger partial charge in [0.25, 0.3) is 15.9 Å². The van der Waals surface area contributed by atoms with Gasteiger partial charge >= 0.3 is 0 Å².